The summed E-state index contributed by atoms with van der Waals surface area (Å²) in [5.41, 5.74) is 0. The van der Waals surface area contributed by atoms with Crippen molar-refractivity contribution in [1.82, 2.24) is 0 Å². The smallest absolute Gasteiger partial charge is 0.302 e. The Bertz CT molecular complexity index is 127. The van der Waals surface area contributed by atoms with Crippen LogP contribution in [0.2, 0.25) is 0 Å². The molecule has 1 N–H and O–H groups in total. The predicted molar refractivity (Wildman–Crippen MR) is 56.7 cm³/mol. The lowest BCUT2D eigenvalue weighted by molar-refractivity contribution is -0.142. The summed E-state index contributed by atoms with van der Waals surface area (Å²) in [4.78, 5) is 10.3. The van der Waals surface area contributed by atoms with E-state index in [-0.39, 0.29) is 5.97 Å². The summed E-state index contributed by atoms with van der Waals surface area (Å²) in [6.45, 7) is 6.13. The van der Waals surface area contributed by atoms with E-state index in [0.29, 0.717) is 26.4 Å². The van der Waals surface area contributed by atoms with Crippen LogP contribution in [0.25, 0.3) is 0 Å². The van der Waals surface area contributed by atoms with Crippen molar-refractivity contribution >= 4 is 5.97 Å². The quantitative estimate of drug-likeness (QED) is 0.481. The van der Waals surface area contributed by atoms with Crippen LogP contribution in [0.1, 0.15) is 20.3 Å². The Hall–Kier alpha value is -0.650. The highest BCUT2D eigenvalue weighted by atomic mass is 16.6. The number of esters is 1. The first-order valence-electron chi connectivity index (χ1n) is 5.01. The highest BCUT2D eigenvalue weighted by Crippen LogP contribution is 1.83. The minimum absolute atomic E-state index is 0.272. The van der Waals surface area contributed by atoms with E-state index in [4.69, 9.17) is 14.6 Å². The fourth-order valence-corrected chi connectivity index (χ4v) is 0.711. The molecule has 0 radical (unpaired) electrons. The van der Waals surface area contributed by atoms with E-state index in [1.807, 2.05) is 0 Å². The molecule has 0 saturated heterocycles. The summed E-state index contributed by atoms with van der Waals surface area (Å²) < 4.78 is 15.0. The zero-order valence-corrected chi connectivity index (χ0v) is 9.82. The molecular formula is C10H22O5. The molecular weight excluding hydrogens is 200 g/mol. The largest absolute Gasteiger partial charge is 0.463 e. The Balaban J connectivity index is 0. The van der Waals surface area contributed by atoms with Gasteiger partial charge in [0.2, 0.25) is 0 Å². The molecule has 0 bridgehead atoms. The third kappa shape index (κ3) is 19.7. The Labute approximate surface area is 91.3 Å². The maximum atomic E-state index is 10.3. The molecule has 0 saturated carbocycles. The van der Waals surface area contributed by atoms with Crippen LogP contribution in [-0.2, 0) is 19.0 Å². The van der Waals surface area contributed by atoms with Gasteiger partial charge in [-0.3, -0.25) is 4.79 Å². The number of rotatable bonds is 8. The van der Waals surface area contributed by atoms with Crippen LogP contribution in [0.4, 0.5) is 0 Å². The molecule has 0 aliphatic carbocycles. The van der Waals surface area contributed by atoms with Crippen molar-refractivity contribution in [3.63, 3.8) is 0 Å². The Morgan fingerprint density at radius 1 is 1.00 bits per heavy atom. The highest BCUT2D eigenvalue weighted by Gasteiger charge is 1.92. The Kier molecular flexibility index (Phi) is 17.7. The molecule has 0 amide bonds. The lowest BCUT2D eigenvalue weighted by atomic mass is 10.5. The van der Waals surface area contributed by atoms with Crippen LogP contribution in [0.15, 0.2) is 0 Å². The predicted octanol–water partition coefficient (Wildman–Crippen LogP) is 0.601. The van der Waals surface area contributed by atoms with Crippen LogP contribution < -0.4 is 0 Å². The van der Waals surface area contributed by atoms with Gasteiger partial charge in [-0.05, 0) is 6.42 Å². The second-order valence-corrected chi connectivity index (χ2v) is 2.56. The third-order valence-electron chi connectivity index (χ3n) is 1.25. The molecule has 0 atom stereocenters. The zero-order valence-electron chi connectivity index (χ0n) is 9.82. The average molecular weight is 222 g/mol. The van der Waals surface area contributed by atoms with Gasteiger partial charge in [-0.2, -0.15) is 0 Å². The first-order chi connectivity index (χ1) is 7.27. The number of carbonyl (C=O) groups excluding carboxylic acids is 1. The Morgan fingerprint density at radius 2 is 1.47 bits per heavy atom. The van der Waals surface area contributed by atoms with E-state index in [1.165, 1.54) is 6.92 Å². The van der Waals surface area contributed by atoms with Crippen molar-refractivity contribution in [2.24, 2.45) is 0 Å². The molecule has 0 rings (SSSR count). The van der Waals surface area contributed by atoms with Crippen LogP contribution in [-0.4, -0.2) is 51.2 Å². The molecule has 0 heterocycles. The molecule has 15 heavy (non-hydrogen) atoms. The second-order valence-electron chi connectivity index (χ2n) is 2.56. The van der Waals surface area contributed by atoms with Crippen molar-refractivity contribution in [2.75, 3.05) is 40.1 Å². The molecule has 0 fully saturated rings. The van der Waals surface area contributed by atoms with Crippen LogP contribution in [0, 0.1) is 0 Å². The summed E-state index contributed by atoms with van der Waals surface area (Å²) >= 11 is 0. The fraction of sp³-hybridized carbons (Fsp3) is 0.900. The second kappa shape index (κ2) is 15.8. The number of aliphatic hydroxyl groups excluding tert-OH is 1. The van der Waals surface area contributed by atoms with Crippen molar-refractivity contribution in [3.05, 3.63) is 0 Å². The van der Waals surface area contributed by atoms with Crippen LogP contribution in [0.3, 0.4) is 0 Å². The molecule has 0 spiro atoms. The van der Waals surface area contributed by atoms with Gasteiger partial charge in [-0.25, -0.2) is 0 Å². The summed E-state index contributed by atoms with van der Waals surface area (Å²) in [5, 5.41) is 7.00. The molecule has 0 aliphatic rings. The molecule has 5 heteroatoms. The monoisotopic (exact) mass is 222 g/mol. The minimum Gasteiger partial charge on any atom is -0.463 e. The van der Waals surface area contributed by atoms with Crippen molar-refractivity contribution < 1.29 is 24.1 Å². The third-order valence-corrected chi connectivity index (χ3v) is 1.25. The number of hydrogen-bond acceptors (Lipinski definition) is 5. The van der Waals surface area contributed by atoms with Gasteiger partial charge in [0.25, 0.3) is 0 Å². The number of carbonyl (C=O) groups is 1. The lowest BCUT2D eigenvalue weighted by Crippen LogP contribution is -2.11. The first-order valence-corrected chi connectivity index (χ1v) is 5.01. The van der Waals surface area contributed by atoms with E-state index in [9.17, 15) is 4.79 Å². The highest BCUT2D eigenvalue weighted by molar-refractivity contribution is 5.65. The van der Waals surface area contributed by atoms with Gasteiger partial charge in [0.1, 0.15) is 6.61 Å². The molecule has 92 valence electrons. The van der Waals surface area contributed by atoms with Gasteiger partial charge >= 0.3 is 5.97 Å². The van der Waals surface area contributed by atoms with Gasteiger partial charge in [-0.15, -0.1) is 0 Å². The SMILES string of the molecule is CCCOCCOCCOC(C)=O.CO. The van der Waals surface area contributed by atoms with Gasteiger partial charge in [0.15, 0.2) is 0 Å². The standard InChI is InChI=1S/C9H18O4.CH4O/c1-3-4-11-5-6-12-7-8-13-9(2)10;1-2/h3-8H2,1-2H3;2H,1H3. The van der Waals surface area contributed by atoms with E-state index >= 15 is 0 Å². The molecule has 5 nitrogen and oxygen atoms in total. The van der Waals surface area contributed by atoms with Gasteiger partial charge in [0.05, 0.1) is 19.8 Å². The topological polar surface area (TPSA) is 65.0 Å². The number of ether oxygens (including phenoxy) is 3. The Morgan fingerprint density at radius 3 is 1.93 bits per heavy atom. The maximum Gasteiger partial charge on any atom is 0.302 e. The molecule has 0 unspecified atom stereocenters. The summed E-state index contributed by atoms with van der Waals surface area (Å²) in [5.74, 6) is -0.272. The first kappa shape index (κ1) is 16.8. The number of aliphatic hydroxyl groups is 1. The van der Waals surface area contributed by atoms with Gasteiger partial charge < -0.3 is 19.3 Å². The summed E-state index contributed by atoms with van der Waals surface area (Å²) in [6.07, 6.45) is 1.02. The van der Waals surface area contributed by atoms with Crippen molar-refractivity contribution in [3.8, 4) is 0 Å². The summed E-state index contributed by atoms with van der Waals surface area (Å²) in [7, 11) is 1.00. The van der Waals surface area contributed by atoms with E-state index in [0.717, 1.165) is 20.1 Å². The van der Waals surface area contributed by atoms with E-state index in [1.54, 1.807) is 0 Å². The average Bonchev–Trinajstić information content (AvgIpc) is 2.24. The van der Waals surface area contributed by atoms with Crippen molar-refractivity contribution in [2.45, 2.75) is 20.3 Å². The van der Waals surface area contributed by atoms with Crippen molar-refractivity contribution in [1.29, 1.82) is 0 Å². The maximum absolute atomic E-state index is 10.3. The molecule has 0 aromatic rings. The molecule has 0 aromatic carbocycles. The molecule has 0 aromatic heterocycles. The van der Waals surface area contributed by atoms with E-state index in [2.05, 4.69) is 11.7 Å². The minimum atomic E-state index is -0.272. The van der Waals surface area contributed by atoms with Crippen LogP contribution in [0.5, 0.6) is 0 Å². The lowest BCUT2D eigenvalue weighted by Gasteiger charge is -2.04. The van der Waals surface area contributed by atoms with E-state index < -0.39 is 0 Å². The fourth-order valence-electron chi connectivity index (χ4n) is 0.711. The van der Waals surface area contributed by atoms with Gasteiger partial charge in [-0.1, -0.05) is 6.92 Å². The number of hydrogen-bond donors (Lipinski definition) is 1. The normalized spacial score (nSPS) is 9.07. The molecule has 0 aliphatic heterocycles. The van der Waals surface area contributed by atoms with Crippen LogP contribution >= 0.6 is 0 Å². The van der Waals surface area contributed by atoms with Gasteiger partial charge in [0, 0.05) is 20.6 Å². The zero-order chi connectivity index (χ0) is 11.9. The summed E-state index contributed by atoms with van der Waals surface area (Å²) in [6, 6.07) is 0.